The quantitative estimate of drug-likeness (QED) is 0.232. The summed E-state index contributed by atoms with van der Waals surface area (Å²) in [5.41, 5.74) is 0.662. The monoisotopic (exact) mass is 604 g/mol. The van der Waals surface area contributed by atoms with Crippen molar-refractivity contribution in [1.82, 2.24) is 24.1 Å². The molecule has 2 aliphatic heterocycles. The number of rotatable bonds is 7. The van der Waals surface area contributed by atoms with Crippen LogP contribution in [-0.4, -0.2) is 70.4 Å². The van der Waals surface area contributed by atoms with Crippen molar-refractivity contribution in [3.05, 3.63) is 138 Å². The van der Waals surface area contributed by atoms with Gasteiger partial charge in [0.25, 0.3) is 5.91 Å². The van der Waals surface area contributed by atoms with Gasteiger partial charge < -0.3 is 4.90 Å². The summed E-state index contributed by atoms with van der Waals surface area (Å²) in [5, 5.41) is 9.19. The summed E-state index contributed by atoms with van der Waals surface area (Å²) in [5.74, 6) is -0.344. The fraction of sp³-hybridized carbons (Fsp3) is 0.182. The van der Waals surface area contributed by atoms with Crippen molar-refractivity contribution in [2.24, 2.45) is 0 Å². The summed E-state index contributed by atoms with van der Waals surface area (Å²) >= 11 is 0. The van der Waals surface area contributed by atoms with Crippen LogP contribution in [-0.2, 0) is 20.4 Å². The number of carbonyl (C=O) groups excluding carboxylic acids is 2. The maximum atomic E-state index is 15.0. The van der Waals surface area contributed by atoms with Gasteiger partial charge in [0.15, 0.2) is 11.3 Å². The Balaban J connectivity index is 1.48. The van der Waals surface area contributed by atoms with E-state index in [0.717, 1.165) is 0 Å². The number of pyridine rings is 2. The smallest absolute Gasteiger partial charge is 0.263 e. The summed E-state index contributed by atoms with van der Waals surface area (Å²) in [7, 11) is -2.05. The van der Waals surface area contributed by atoms with E-state index in [2.05, 4.69) is 9.97 Å². The van der Waals surface area contributed by atoms with E-state index in [1.807, 2.05) is 6.07 Å². The second-order valence-electron chi connectivity index (χ2n) is 10.6. The molecule has 0 aliphatic carbocycles. The van der Waals surface area contributed by atoms with E-state index >= 15 is 0 Å². The SMILES string of the molecule is CN1C(=CC(=O)c2ccc(C#N)cc2)N(C2CCN(S(=O)(=O)c3ccccc3)C2)C(=O)C1(c1ccncc1)c1ccncc1. The van der Waals surface area contributed by atoms with Gasteiger partial charge in [0.05, 0.1) is 22.6 Å². The molecule has 2 fully saturated rings. The van der Waals surface area contributed by atoms with Gasteiger partial charge in [-0.3, -0.25) is 24.5 Å². The Labute approximate surface area is 255 Å². The van der Waals surface area contributed by atoms with Crippen molar-refractivity contribution in [1.29, 1.82) is 5.26 Å². The van der Waals surface area contributed by atoms with E-state index in [9.17, 15) is 23.3 Å². The molecule has 1 atom stereocenters. The molecule has 6 rings (SSSR count). The number of benzene rings is 2. The number of likely N-dealkylation sites (N-methyl/N-ethyl adjacent to an activating group) is 1. The van der Waals surface area contributed by atoms with E-state index in [-0.39, 0.29) is 29.7 Å². The summed E-state index contributed by atoms with van der Waals surface area (Å²) in [6.07, 6.45) is 8.22. The van der Waals surface area contributed by atoms with Gasteiger partial charge in [0.2, 0.25) is 10.0 Å². The lowest BCUT2D eigenvalue weighted by atomic mass is 9.82. The zero-order valence-corrected chi connectivity index (χ0v) is 24.6. The predicted octanol–water partition coefficient (Wildman–Crippen LogP) is 3.55. The van der Waals surface area contributed by atoms with E-state index in [1.165, 1.54) is 10.4 Å². The second-order valence-corrected chi connectivity index (χ2v) is 12.5. The summed E-state index contributed by atoms with van der Waals surface area (Å²) in [6, 6.07) is 23.0. The molecule has 2 aromatic heterocycles. The molecule has 1 unspecified atom stereocenters. The molecule has 4 heterocycles. The van der Waals surface area contributed by atoms with Crippen LogP contribution in [0, 0.1) is 11.3 Å². The third-order valence-corrected chi connectivity index (χ3v) is 10.1. The Hall–Kier alpha value is -5.18. The van der Waals surface area contributed by atoms with Crippen LogP contribution in [0.5, 0.6) is 0 Å². The largest absolute Gasteiger partial charge is 0.339 e. The van der Waals surface area contributed by atoms with Crippen LogP contribution in [0.2, 0.25) is 0 Å². The molecule has 0 N–H and O–H groups in total. The van der Waals surface area contributed by atoms with Crippen LogP contribution in [0.1, 0.15) is 33.5 Å². The lowest BCUT2D eigenvalue weighted by Gasteiger charge is -2.35. The number of carbonyl (C=O) groups is 2. The molecular weight excluding hydrogens is 576 g/mol. The third-order valence-electron chi connectivity index (χ3n) is 8.25. The highest BCUT2D eigenvalue weighted by atomic mass is 32.2. The number of allylic oxidation sites excluding steroid dienone is 1. The summed E-state index contributed by atoms with van der Waals surface area (Å²) in [4.78, 5) is 40.4. The summed E-state index contributed by atoms with van der Waals surface area (Å²) in [6.45, 7) is 0.270. The van der Waals surface area contributed by atoms with Gasteiger partial charge >= 0.3 is 0 Å². The maximum Gasteiger partial charge on any atom is 0.263 e. The van der Waals surface area contributed by atoms with Crippen LogP contribution in [0.25, 0.3) is 0 Å². The predicted molar refractivity (Wildman–Crippen MR) is 161 cm³/mol. The first-order valence-corrected chi connectivity index (χ1v) is 15.4. The highest BCUT2D eigenvalue weighted by Gasteiger charge is 2.58. The molecule has 1 amide bonds. The molecule has 0 spiro atoms. The number of amides is 1. The van der Waals surface area contributed by atoms with Crippen LogP contribution in [0.3, 0.4) is 0 Å². The second kappa shape index (κ2) is 11.5. The molecule has 11 heteroatoms. The molecule has 0 radical (unpaired) electrons. The van der Waals surface area contributed by atoms with Crippen molar-refractivity contribution in [3.8, 4) is 6.07 Å². The van der Waals surface area contributed by atoms with Gasteiger partial charge in [-0.15, -0.1) is 0 Å². The van der Waals surface area contributed by atoms with Gasteiger partial charge in [-0.05, 0) is 78.2 Å². The topological polar surface area (TPSA) is 128 Å². The Morgan fingerprint density at radius 2 is 1.52 bits per heavy atom. The zero-order valence-electron chi connectivity index (χ0n) is 23.8. The molecule has 4 aromatic rings. The Kier molecular flexibility index (Phi) is 7.55. The molecule has 0 bridgehead atoms. The molecule has 220 valence electrons. The number of hydrogen-bond donors (Lipinski definition) is 0. The first-order valence-electron chi connectivity index (χ1n) is 14.0. The van der Waals surface area contributed by atoms with E-state index < -0.39 is 21.6 Å². The van der Waals surface area contributed by atoms with Crippen molar-refractivity contribution >= 4 is 21.7 Å². The van der Waals surface area contributed by atoms with Crippen LogP contribution < -0.4 is 0 Å². The van der Waals surface area contributed by atoms with E-state index in [1.54, 1.807) is 120 Å². The standard InChI is InChI=1S/C33H28N6O4S/c1-37-31(21-30(40)25-9-7-24(22-34)8-10-25)39(28-15-20-38(23-28)44(42,43)29-5-3-2-4-6-29)32(41)33(37,26-11-16-35-17-12-26)27-13-18-36-19-14-27/h2-14,16-19,21,28H,15,20,23H2,1H3. The minimum absolute atomic E-state index is 0.0575. The Bertz CT molecular complexity index is 1840. The number of hydrogen-bond acceptors (Lipinski definition) is 8. The number of aromatic nitrogens is 2. The van der Waals surface area contributed by atoms with Crippen LogP contribution >= 0.6 is 0 Å². The molecular formula is C33H28N6O4S. The van der Waals surface area contributed by atoms with Crippen molar-refractivity contribution in [2.75, 3.05) is 20.1 Å². The van der Waals surface area contributed by atoms with Gasteiger partial charge in [-0.2, -0.15) is 9.57 Å². The molecule has 2 aliphatic rings. The normalized spacial score (nSPS) is 19.3. The van der Waals surface area contributed by atoms with Gasteiger partial charge in [-0.25, -0.2) is 8.42 Å². The number of nitriles is 1. The fourth-order valence-electron chi connectivity index (χ4n) is 6.05. The van der Waals surface area contributed by atoms with Gasteiger partial charge in [-0.1, -0.05) is 18.2 Å². The van der Waals surface area contributed by atoms with E-state index in [4.69, 9.17) is 0 Å². The number of sulfonamides is 1. The fourth-order valence-corrected chi connectivity index (χ4v) is 7.57. The Morgan fingerprint density at radius 1 is 0.932 bits per heavy atom. The number of ketones is 1. The van der Waals surface area contributed by atoms with E-state index in [0.29, 0.717) is 34.5 Å². The first-order chi connectivity index (χ1) is 21.3. The molecule has 44 heavy (non-hydrogen) atoms. The molecule has 0 saturated carbocycles. The van der Waals surface area contributed by atoms with Crippen molar-refractivity contribution in [2.45, 2.75) is 22.9 Å². The first kappa shape index (κ1) is 28.9. The van der Waals surface area contributed by atoms with Crippen LogP contribution in [0.15, 0.2) is 120 Å². The molecule has 2 saturated heterocycles. The summed E-state index contributed by atoms with van der Waals surface area (Å²) < 4.78 is 28.4. The van der Waals surface area contributed by atoms with Gasteiger partial charge in [0, 0.05) is 56.6 Å². The molecule has 2 aromatic carbocycles. The van der Waals surface area contributed by atoms with Crippen LogP contribution in [0.4, 0.5) is 0 Å². The average molecular weight is 605 g/mol. The zero-order chi connectivity index (χ0) is 30.9. The molecule has 10 nitrogen and oxygen atoms in total. The van der Waals surface area contributed by atoms with Gasteiger partial charge in [0.1, 0.15) is 5.82 Å². The lowest BCUT2D eigenvalue weighted by molar-refractivity contribution is -0.133. The lowest BCUT2D eigenvalue weighted by Crippen LogP contribution is -2.47. The minimum atomic E-state index is -3.80. The average Bonchev–Trinajstić information content (AvgIpc) is 3.64. The Morgan fingerprint density at radius 3 is 2.09 bits per heavy atom. The highest BCUT2D eigenvalue weighted by molar-refractivity contribution is 7.89. The highest BCUT2D eigenvalue weighted by Crippen LogP contribution is 2.47. The minimum Gasteiger partial charge on any atom is -0.339 e. The maximum absolute atomic E-state index is 15.0. The van der Waals surface area contributed by atoms with Crippen molar-refractivity contribution in [3.63, 3.8) is 0 Å². The van der Waals surface area contributed by atoms with Crippen molar-refractivity contribution < 1.29 is 18.0 Å². The third kappa shape index (κ3) is 4.74. The number of nitrogens with zero attached hydrogens (tertiary/aromatic N) is 6.